The number of pyridine rings is 1. The van der Waals surface area contributed by atoms with E-state index < -0.39 is 12.1 Å². The Kier molecular flexibility index (Phi) is 8.11. The number of rotatable bonds is 5. The topological polar surface area (TPSA) is 109 Å². The minimum Gasteiger partial charge on any atom is -0.475 e. The number of aromatic nitrogens is 1. The van der Waals surface area contributed by atoms with Crippen molar-refractivity contribution < 1.29 is 37.4 Å². The zero-order valence-corrected chi connectivity index (χ0v) is 19.0. The zero-order valence-electron chi connectivity index (χ0n) is 19.0. The fourth-order valence-corrected chi connectivity index (χ4v) is 4.21. The Balaban J connectivity index is 0.000000429. The van der Waals surface area contributed by atoms with Crippen LogP contribution in [0.3, 0.4) is 0 Å². The Morgan fingerprint density at radius 1 is 1.20 bits per heavy atom. The molecule has 1 unspecified atom stereocenters. The molecule has 2 N–H and O–H groups in total. The van der Waals surface area contributed by atoms with Crippen molar-refractivity contribution in [3.05, 3.63) is 65.5 Å². The van der Waals surface area contributed by atoms with E-state index >= 15 is 0 Å². The number of aliphatic carboxylic acids is 1. The fourth-order valence-electron chi connectivity index (χ4n) is 4.21. The summed E-state index contributed by atoms with van der Waals surface area (Å²) in [5.74, 6) is -2.45. The van der Waals surface area contributed by atoms with Crippen LogP contribution in [0.4, 0.5) is 13.2 Å². The first-order chi connectivity index (χ1) is 16.5. The third kappa shape index (κ3) is 6.56. The molecule has 1 spiro atoms. The Hall–Kier alpha value is -3.47. The number of carbonyl (C=O) groups excluding carboxylic acids is 2. The summed E-state index contributed by atoms with van der Waals surface area (Å²) in [5, 5.41) is 10.1. The van der Waals surface area contributed by atoms with Crippen LogP contribution >= 0.6 is 0 Å². The van der Waals surface area contributed by atoms with Crippen molar-refractivity contribution in [3.8, 4) is 0 Å². The largest absolute Gasteiger partial charge is 0.490 e. The average Bonchev–Trinajstić information content (AvgIpc) is 3.22. The number of carboxylic acid groups (broad SMARTS) is 1. The fraction of sp³-hybridized carbons (Fsp3) is 0.417. The highest BCUT2D eigenvalue weighted by molar-refractivity contribution is 5.95. The van der Waals surface area contributed by atoms with Crippen LogP contribution in [-0.2, 0) is 9.53 Å². The molecule has 2 aliphatic rings. The number of alkyl halides is 3. The molecular weight excluding hydrogens is 467 g/mol. The van der Waals surface area contributed by atoms with E-state index in [0.29, 0.717) is 37.7 Å². The third-order valence-electron chi connectivity index (χ3n) is 6.01. The number of amides is 2. The van der Waals surface area contributed by atoms with Crippen LogP contribution in [0.2, 0.25) is 0 Å². The molecule has 2 amide bonds. The summed E-state index contributed by atoms with van der Waals surface area (Å²) in [5.41, 5.74) is 2.13. The summed E-state index contributed by atoms with van der Waals surface area (Å²) in [7, 11) is 0. The normalized spacial score (nSPS) is 18.3. The maximum Gasteiger partial charge on any atom is 0.490 e. The van der Waals surface area contributed by atoms with Crippen LogP contribution in [0, 0.1) is 12.8 Å². The highest BCUT2D eigenvalue weighted by Crippen LogP contribution is 2.42. The Labute approximate surface area is 200 Å². The molecule has 2 aliphatic heterocycles. The lowest BCUT2D eigenvalue weighted by Crippen LogP contribution is -2.66. The van der Waals surface area contributed by atoms with Crippen molar-refractivity contribution in [1.82, 2.24) is 15.2 Å². The van der Waals surface area contributed by atoms with Gasteiger partial charge in [-0.1, -0.05) is 17.7 Å². The van der Waals surface area contributed by atoms with E-state index in [1.807, 2.05) is 36.1 Å². The van der Waals surface area contributed by atoms with Crippen LogP contribution in [0.15, 0.2) is 48.8 Å². The van der Waals surface area contributed by atoms with E-state index in [1.54, 1.807) is 24.5 Å². The first-order valence-corrected chi connectivity index (χ1v) is 11.0. The van der Waals surface area contributed by atoms with Crippen LogP contribution < -0.4 is 5.32 Å². The first-order valence-electron chi connectivity index (χ1n) is 11.0. The van der Waals surface area contributed by atoms with E-state index in [4.69, 9.17) is 14.6 Å². The number of ether oxygens (including phenoxy) is 1. The Bertz CT molecular complexity index is 1060. The van der Waals surface area contributed by atoms with Gasteiger partial charge < -0.3 is 20.1 Å². The molecule has 0 aliphatic carbocycles. The smallest absolute Gasteiger partial charge is 0.475 e. The lowest BCUT2D eigenvalue weighted by Gasteiger charge is -2.50. The molecule has 1 aromatic carbocycles. The molecule has 188 valence electrons. The van der Waals surface area contributed by atoms with Gasteiger partial charge in [-0.25, -0.2) is 4.79 Å². The van der Waals surface area contributed by atoms with Gasteiger partial charge in [0.05, 0.1) is 18.7 Å². The van der Waals surface area contributed by atoms with E-state index in [0.717, 1.165) is 24.0 Å². The number of nitrogens with one attached hydrogen (secondary N) is 1. The second kappa shape index (κ2) is 10.9. The maximum atomic E-state index is 12.7. The van der Waals surface area contributed by atoms with Gasteiger partial charge in [0.15, 0.2) is 0 Å². The number of carboxylic acids is 1. The summed E-state index contributed by atoms with van der Waals surface area (Å²) >= 11 is 0. The molecule has 1 aromatic heterocycles. The molecule has 11 heteroatoms. The standard InChI is InChI=1S/C22H25N3O3.C2HF3O2/c1-16-4-2-5-17(12-16)21(27)25-14-22(15-25)19(8-11-28-22)7-10-24-20(26)18-6-3-9-23-13-18;3-2(4,5)1(6)7/h2-6,9,12-13,19H,7-8,10-11,14-15H2,1H3,(H,24,26);(H,6,7). The number of hydrogen-bond acceptors (Lipinski definition) is 5. The molecule has 2 saturated heterocycles. The lowest BCUT2D eigenvalue weighted by molar-refractivity contribution is -0.192. The molecule has 8 nitrogen and oxygen atoms in total. The van der Waals surface area contributed by atoms with Crippen molar-refractivity contribution in [2.24, 2.45) is 5.92 Å². The van der Waals surface area contributed by atoms with Gasteiger partial charge >= 0.3 is 12.1 Å². The molecule has 0 bridgehead atoms. The van der Waals surface area contributed by atoms with Crippen molar-refractivity contribution in [1.29, 1.82) is 0 Å². The van der Waals surface area contributed by atoms with Crippen molar-refractivity contribution in [2.75, 3.05) is 26.2 Å². The lowest BCUT2D eigenvalue weighted by atomic mass is 9.78. The molecule has 35 heavy (non-hydrogen) atoms. The van der Waals surface area contributed by atoms with Gasteiger partial charge in [-0.15, -0.1) is 0 Å². The van der Waals surface area contributed by atoms with E-state index in [2.05, 4.69) is 10.3 Å². The van der Waals surface area contributed by atoms with Crippen molar-refractivity contribution in [3.63, 3.8) is 0 Å². The maximum absolute atomic E-state index is 12.7. The average molecular weight is 493 g/mol. The molecule has 0 radical (unpaired) electrons. The summed E-state index contributed by atoms with van der Waals surface area (Å²) < 4.78 is 37.8. The molecule has 2 fully saturated rings. The molecule has 0 saturated carbocycles. The minimum absolute atomic E-state index is 0.0634. The number of likely N-dealkylation sites (tertiary alicyclic amines) is 1. The SMILES string of the molecule is Cc1cccc(C(=O)N2CC3(C2)OCCC3CCNC(=O)c2cccnc2)c1.O=C(O)C(F)(F)F. The van der Waals surface area contributed by atoms with Gasteiger partial charge in [0.25, 0.3) is 11.8 Å². The zero-order chi connectivity index (χ0) is 25.6. The Morgan fingerprint density at radius 3 is 2.49 bits per heavy atom. The highest BCUT2D eigenvalue weighted by Gasteiger charge is 2.54. The first kappa shape index (κ1) is 26.1. The summed E-state index contributed by atoms with van der Waals surface area (Å²) in [4.78, 5) is 39.6. The van der Waals surface area contributed by atoms with Gasteiger partial charge in [0.2, 0.25) is 0 Å². The van der Waals surface area contributed by atoms with Crippen LogP contribution in [-0.4, -0.2) is 70.8 Å². The number of aryl methyl sites for hydroxylation is 1. The monoisotopic (exact) mass is 493 g/mol. The predicted octanol–water partition coefficient (Wildman–Crippen LogP) is 3.07. The third-order valence-corrected chi connectivity index (χ3v) is 6.01. The van der Waals surface area contributed by atoms with Gasteiger partial charge in [0.1, 0.15) is 5.60 Å². The van der Waals surface area contributed by atoms with E-state index in [-0.39, 0.29) is 17.4 Å². The van der Waals surface area contributed by atoms with Crippen LogP contribution in [0.1, 0.15) is 39.1 Å². The molecule has 4 rings (SSSR count). The summed E-state index contributed by atoms with van der Waals surface area (Å²) in [6.45, 7) is 4.55. The number of benzene rings is 1. The summed E-state index contributed by atoms with van der Waals surface area (Å²) in [6.07, 6.45) is -0.0548. The van der Waals surface area contributed by atoms with Gasteiger partial charge in [-0.2, -0.15) is 13.2 Å². The molecular formula is C24H26F3N3O5. The summed E-state index contributed by atoms with van der Waals surface area (Å²) in [6, 6.07) is 11.2. The number of nitrogens with zero attached hydrogens (tertiary/aromatic N) is 2. The number of halogens is 3. The van der Waals surface area contributed by atoms with Gasteiger partial charge in [-0.3, -0.25) is 14.6 Å². The molecule has 2 aromatic rings. The van der Waals surface area contributed by atoms with Gasteiger partial charge in [0, 0.05) is 31.1 Å². The van der Waals surface area contributed by atoms with Crippen molar-refractivity contribution in [2.45, 2.75) is 31.5 Å². The van der Waals surface area contributed by atoms with E-state index in [9.17, 15) is 22.8 Å². The predicted molar refractivity (Wildman–Crippen MR) is 119 cm³/mol. The quantitative estimate of drug-likeness (QED) is 0.663. The molecule has 3 heterocycles. The van der Waals surface area contributed by atoms with Crippen LogP contribution in [0.25, 0.3) is 0 Å². The minimum atomic E-state index is -5.08. The number of carbonyl (C=O) groups is 3. The second-order valence-corrected chi connectivity index (χ2v) is 8.52. The second-order valence-electron chi connectivity index (χ2n) is 8.52. The van der Waals surface area contributed by atoms with Crippen LogP contribution in [0.5, 0.6) is 0 Å². The van der Waals surface area contributed by atoms with Gasteiger partial charge in [-0.05, 0) is 49.9 Å². The number of hydrogen-bond donors (Lipinski definition) is 2. The molecule has 1 atom stereocenters. The van der Waals surface area contributed by atoms with Crippen molar-refractivity contribution >= 4 is 17.8 Å². The Morgan fingerprint density at radius 2 is 1.89 bits per heavy atom. The van der Waals surface area contributed by atoms with E-state index in [1.165, 1.54) is 0 Å². The highest BCUT2D eigenvalue weighted by atomic mass is 19.4.